The molecule has 0 aliphatic rings. The van der Waals surface area contributed by atoms with Crippen LogP contribution in [0.1, 0.15) is 32.6 Å². The van der Waals surface area contributed by atoms with Crippen LogP contribution in [-0.4, -0.2) is 17.5 Å². The number of ketones is 1. The summed E-state index contributed by atoms with van der Waals surface area (Å²) in [5, 5.41) is 0.557. The Bertz CT molecular complexity index is 1280. The van der Waals surface area contributed by atoms with E-state index >= 15 is 0 Å². The first kappa shape index (κ1) is 19.6. The van der Waals surface area contributed by atoms with Crippen LogP contribution < -0.4 is 10.2 Å². The summed E-state index contributed by atoms with van der Waals surface area (Å²) in [4.78, 5) is 26.4. The van der Waals surface area contributed by atoms with Crippen LogP contribution in [0.3, 0.4) is 0 Å². The molecule has 4 nitrogen and oxygen atoms in total. The van der Waals surface area contributed by atoms with Crippen molar-refractivity contribution in [2.75, 3.05) is 7.11 Å². The molecular formula is C26H23NO3. The van der Waals surface area contributed by atoms with Crippen LogP contribution in [0.5, 0.6) is 5.75 Å². The van der Waals surface area contributed by atoms with Crippen LogP contribution in [0, 0.1) is 13.8 Å². The molecule has 4 rings (SSSR count). The number of carbonyl (C=O) groups excluding carboxylic acids is 1. The van der Waals surface area contributed by atoms with Gasteiger partial charge in [-0.15, -0.1) is 0 Å². The summed E-state index contributed by atoms with van der Waals surface area (Å²) in [6, 6.07) is 20.9. The first-order valence-corrected chi connectivity index (χ1v) is 9.84. The highest BCUT2D eigenvalue weighted by Crippen LogP contribution is 2.19. The van der Waals surface area contributed by atoms with Crippen LogP contribution in [0.4, 0.5) is 0 Å². The molecule has 0 aliphatic heterocycles. The third-order valence-electron chi connectivity index (χ3n) is 5.31. The third-order valence-corrected chi connectivity index (χ3v) is 5.31. The summed E-state index contributed by atoms with van der Waals surface area (Å²) < 4.78 is 7.21. The van der Waals surface area contributed by atoms with Crippen molar-refractivity contribution in [3.05, 3.63) is 111 Å². The summed E-state index contributed by atoms with van der Waals surface area (Å²) in [5.74, 6) is 0.529. The van der Waals surface area contributed by atoms with Crippen LogP contribution in [0.2, 0.25) is 0 Å². The molecule has 1 aromatic heterocycles. The highest BCUT2D eigenvalue weighted by molar-refractivity contribution is 6.10. The van der Waals surface area contributed by atoms with Gasteiger partial charge in [0, 0.05) is 23.7 Å². The van der Waals surface area contributed by atoms with Crippen molar-refractivity contribution in [2.45, 2.75) is 20.4 Å². The Labute approximate surface area is 175 Å². The Kier molecular flexibility index (Phi) is 5.23. The molecule has 4 heteroatoms. The van der Waals surface area contributed by atoms with E-state index in [4.69, 9.17) is 4.74 Å². The van der Waals surface area contributed by atoms with Crippen LogP contribution in [0.25, 0.3) is 10.9 Å². The Morgan fingerprint density at radius 3 is 2.23 bits per heavy atom. The normalized spacial score (nSPS) is 10.9. The Morgan fingerprint density at radius 1 is 0.900 bits per heavy atom. The zero-order chi connectivity index (χ0) is 21.3. The molecule has 30 heavy (non-hydrogen) atoms. The van der Waals surface area contributed by atoms with Gasteiger partial charge in [0.05, 0.1) is 18.2 Å². The highest BCUT2D eigenvalue weighted by atomic mass is 16.5. The molecule has 0 amide bonds. The minimum Gasteiger partial charge on any atom is -0.497 e. The van der Waals surface area contributed by atoms with Gasteiger partial charge >= 0.3 is 0 Å². The molecule has 0 unspecified atom stereocenters. The van der Waals surface area contributed by atoms with E-state index in [2.05, 4.69) is 0 Å². The average Bonchev–Trinajstić information content (AvgIpc) is 2.76. The SMILES string of the molecule is COc1ccc(Cn2cc(C(=O)c3ccc(C)cc3)c(=O)c3cc(C)ccc32)cc1. The maximum absolute atomic E-state index is 13.2. The lowest BCUT2D eigenvalue weighted by Gasteiger charge is -2.14. The number of ether oxygens (including phenoxy) is 1. The predicted molar refractivity (Wildman–Crippen MR) is 120 cm³/mol. The molecule has 150 valence electrons. The number of benzene rings is 3. The lowest BCUT2D eigenvalue weighted by molar-refractivity contribution is 0.103. The van der Waals surface area contributed by atoms with Gasteiger partial charge in [0.15, 0.2) is 5.78 Å². The number of hydrogen-bond donors (Lipinski definition) is 0. The summed E-state index contributed by atoms with van der Waals surface area (Å²) in [7, 11) is 1.63. The lowest BCUT2D eigenvalue weighted by Crippen LogP contribution is -2.20. The number of nitrogens with zero attached hydrogens (tertiary/aromatic N) is 1. The van der Waals surface area contributed by atoms with E-state index in [0.717, 1.165) is 28.0 Å². The summed E-state index contributed by atoms with van der Waals surface area (Å²) in [6.45, 7) is 4.45. The summed E-state index contributed by atoms with van der Waals surface area (Å²) >= 11 is 0. The van der Waals surface area contributed by atoms with Gasteiger partial charge in [0.1, 0.15) is 5.75 Å². The number of methoxy groups -OCH3 is 1. The van der Waals surface area contributed by atoms with E-state index in [9.17, 15) is 9.59 Å². The topological polar surface area (TPSA) is 48.3 Å². The van der Waals surface area contributed by atoms with E-state index in [1.807, 2.05) is 73.0 Å². The zero-order valence-electron chi connectivity index (χ0n) is 17.3. The van der Waals surface area contributed by atoms with E-state index in [1.54, 1.807) is 25.4 Å². The van der Waals surface area contributed by atoms with Crippen molar-refractivity contribution < 1.29 is 9.53 Å². The van der Waals surface area contributed by atoms with Crippen molar-refractivity contribution in [1.82, 2.24) is 4.57 Å². The summed E-state index contributed by atoms with van der Waals surface area (Å²) in [6.07, 6.45) is 1.69. The fourth-order valence-corrected chi connectivity index (χ4v) is 3.59. The fraction of sp³-hybridized carbons (Fsp3) is 0.154. The molecule has 3 aromatic carbocycles. The highest BCUT2D eigenvalue weighted by Gasteiger charge is 2.17. The van der Waals surface area contributed by atoms with Gasteiger partial charge in [-0.25, -0.2) is 0 Å². The van der Waals surface area contributed by atoms with E-state index in [0.29, 0.717) is 17.5 Å². The quantitative estimate of drug-likeness (QED) is 0.450. The van der Waals surface area contributed by atoms with E-state index < -0.39 is 0 Å². The van der Waals surface area contributed by atoms with Gasteiger partial charge in [0.2, 0.25) is 5.43 Å². The smallest absolute Gasteiger partial charge is 0.200 e. The Hall–Kier alpha value is -3.66. The average molecular weight is 397 g/mol. The predicted octanol–water partition coefficient (Wildman–Crippen LogP) is 4.91. The van der Waals surface area contributed by atoms with Crippen molar-refractivity contribution in [3.8, 4) is 5.75 Å². The number of aryl methyl sites for hydroxylation is 2. The first-order chi connectivity index (χ1) is 14.5. The number of hydrogen-bond acceptors (Lipinski definition) is 3. The monoisotopic (exact) mass is 397 g/mol. The largest absolute Gasteiger partial charge is 0.497 e. The van der Waals surface area contributed by atoms with Crippen molar-refractivity contribution in [1.29, 1.82) is 0 Å². The van der Waals surface area contributed by atoms with Gasteiger partial charge in [-0.2, -0.15) is 0 Å². The second-order valence-electron chi connectivity index (χ2n) is 7.56. The van der Waals surface area contributed by atoms with Gasteiger partial charge in [-0.3, -0.25) is 9.59 Å². The molecule has 1 heterocycles. The van der Waals surface area contributed by atoms with Crippen molar-refractivity contribution in [2.24, 2.45) is 0 Å². The van der Waals surface area contributed by atoms with Gasteiger partial charge < -0.3 is 9.30 Å². The molecule has 0 spiro atoms. The Morgan fingerprint density at radius 2 is 1.57 bits per heavy atom. The lowest BCUT2D eigenvalue weighted by atomic mass is 10.0. The minimum atomic E-state index is -0.258. The molecule has 0 saturated carbocycles. The van der Waals surface area contributed by atoms with Gasteiger partial charge in [-0.1, -0.05) is 53.6 Å². The van der Waals surface area contributed by atoms with Gasteiger partial charge in [0.25, 0.3) is 0 Å². The molecule has 0 bridgehead atoms. The standard InChI is InChI=1S/C26H23NO3/c1-17-4-9-20(10-5-17)25(28)23-16-27(15-19-7-11-21(30-3)12-8-19)24-13-6-18(2)14-22(24)26(23)29/h4-14,16H,15H2,1-3H3. The second kappa shape index (κ2) is 7.99. The van der Waals surface area contributed by atoms with E-state index in [1.165, 1.54) is 0 Å². The molecular weight excluding hydrogens is 374 g/mol. The number of aromatic nitrogens is 1. The number of pyridine rings is 1. The summed E-state index contributed by atoms with van der Waals surface area (Å²) in [5.41, 5.74) is 4.38. The van der Waals surface area contributed by atoms with Crippen LogP contribution in [-0.2, 0) is 6.54 Å². The van der Waals surface area contributed by atoms with Crippen LogP contribution >= 0.6 is 0 Å². The molecule has 0 fully saturated rings. The molecule has 0 N–H and O–H groups in total. The van der Waals surface area contributed by atoms with Crippen molar-refractivity contribution >= 4 is 16.7 Å². The molecule has 0 aliphatic carbocycles. The maximum atomic E-state index is 13.2. The number of carbonyl (C=O) groups is 1. The zero-order valence-corrected chi connectivity index (χ0v) is 17.3. The minimum absolute atomic E-state index is 0.186. The molecule has 0 saturated heterocycles. The van der Waals surface area contributed by atoms with Crippen molar-refractivity contribution in [3.63, 3.8) is 0 Å². The molecule has 4 aromatic rings. The first-order valence-electron chi connectivity index (χ1n) is 9.84. The maximum Gasteiger partial charge on any atom is 0.200 e. The second-order valence-corrected chi connectivity index (χ2v) is 7.56. The Balaban J connectivity index is 1.86. The fourth-order valence-electron chi connectivity index (χ4n) is 3.59. The number of fused-ring (bicyclic) bond motifs is 1. The third kappa shape index (κ3) is 3.77. The van der Waals surface area contributed by atoms with E-state index in [-0.39, 0.29) is 16.8 Å². The van der Waals surface area contributed by atoms with Crippen LogP contribution in [0.15, 0.2) is 77.7 Å². The number of rotatable bonds is 5. The van der Waals surface area contributed by atoms with Gasteiger partial charge in [-0.05, 0) is 43.7 Å². The molecule has 0 radical (unpaired) electrons. The molecule has 0 atom stereocenters.